The molecule has 0 spiro atoms. The van der Waals surface area contributed by atoms with Gasteiger partial charge >= 0.3 is 12.6 Å². The Morgan fingerprint density at radius 1 is 1.47 bits per heavy atom. The zero-order valence-electron chi connectivity index (χ0n) is 10.7. The third-order valence-corrected chi connectivity index (χ3v) is 2.02. The Kier molecular flexibility index (Phi) is 5.78. The summed E-state index contributed by atoms with van der Waals surface area (Å²) in [6.07, 6.45) is 1.28. The minimum Gasteiger partial charge on any atom is -0.463 e. The fourth-order valence-corrected chi connectivity index (χ4v) is 1.37. The number of rotatable bonds is 6. The quantitative estimate of drug-likeness (QED) is 0.637. The number of anilines is 1. The highest BCUT2D eigenvalue weighted by Crippen LogP contribution is 2.20. The lowest BCUT2D eigenvalue weighted by atomic mass is 10.3. The third kappa shape index (κ3) is 5.85. The van der Waals surface area contributed by atoms with Crippen molar-refractivity contribution in [2.75, 3.05) is 11.9 Å². The van der Waals surface area contributed by atoms with Crippen molar-refractivity contribution in [3.05, 3.63) is 36.0 Å². The summed E-state index contributed by atoms with van der Waals surface area (Å²) in [6, 6.07) is 6.06. The summed E-state index contributed by atoms with van der Waals surface area (Å²) in [7, 11) is 0. The molecule has 1 rings (SSSR count). The van der Waals surface area contributed by atoms with E-state index in [9.17, 15) is 13.6 Å². The van der Waals surface area contributed by atoms with E-state index in [0.29, 0.717) is 18.0 Å². The van der Waals surface area contributed by atoms with Gasteiger partial charge in [0.2, 0.25) is 0 Å². The number of hydrogen-bond acceptors (Lipinski definition) is 4. The molecule has 0 amide bonds. The van der Waals surface area contributed by atoms with Gasteiger partial charge in [-0.2, -0.15) is 8.78 Å². The molecule has 1 aromatic carbocycles. The first-order valence-corrected chi connectivity index (χ1v) is 5.68. The first kappa shape index (κ1) is 14.9. The van der Waals surface area contributed by atoms with Crippen molar-refractivity contribution in [3.8, 4) is 5.75 Å². The summed E-state index contributed by atoms with van der Waals surface area (Å²) in [5.41, 5.74) is 1.07. The van der Waals surface area contributed by atoms with Gasteiger partial charge in [-0.3, -0.25) is 0 Å². The molecule has 0 heterocycles. The zero-order chi connectivity index (χ0) is 14.3. The third-order valence-electron chi connectivity index (χ3n) is 2.02. The number of halogens is 2. The molecule has 0 unspecified atom stereocenters. The molecule has 0 aromatic heterocycles. The lowest BCUT2D eigenvalue weighted by Gasteiger charge is -2.09. The SMILES string of the molecule is CCOC(=O)/C=C(\C)Nc1cccc(OC(F)F)c1. The van der Waals surface area contributed by atoms with Gasteiger partial charge in [0.25, 0.3) is 0 Å². The van der Waals surface area contributed by atoms with Crippen LogP contribution < -0.4 is 10.1 Å². The van der Waals surface area contributed by atoms with Gasteiger partial charge in [0.15, 0.2) is 0 Å². The van der Waals surface area contributed by atoms with Crippen molar-refractivity contribution >= 4 is 11.7 Å². The minimum atomic E-state index is -2.87. The molecule has 0 aliphatic rings. The summed E-state index contributed by atoms with van der Waals surface area (Å²) in [4.78, 5) is 11.2. The topological polar surface area (TPSA) is 47.6 Å². The molecule has 0 saturated carbocycles. The standard InChI is InChI=1S/C13H15F2NO3/c1-3-18-12(17)7-9(2)16-10-5-4-6-11(8-10)19-13(14)15/h4-8,13,16H,3H2,1-2H3/b9-7+. The molecule has 0 saturated heterocycles. The van der Waals surface area contributed by atoms with Crippen LogP contribution in [0.25, 0.3) is 0 Å². The number of alkyl halides is 2. The first-order chi connectivity index (χ1) is 9.01. The Morgan fingerprint density at radius 2 is 2.21 bits per heavy atom. The van der Waals surface area contributed by atoms with E-state index in [4.69, 9.17) is 4.74 Å². The number of benzene rings is 1. The van der Waals surface area contributed by atoms with Crippen LogP contribution in [0.3, 0.4) is 0 Å². The molecule has 0 radical (unpaired) electrons. The second kappa shape index (κ2) is 7.35. The molecule has 0 aliphatic carbocycles. The zero-order valence-corrected chi connectivity index (χ0v) is 10.7. The molecule has 0 aliphatic heterocycles. The predicted octanol–water partition coefficient (Wildman–Crippen LogP) is 3.17. The van der Waals surface area contributed by atoms with E-state index in [1.807, 2.05) is 0 Å². The van der Waals surface area contributed by atoms with E-state index in [0.717, 1.165) is 0 Å². The van der Waals surface area contributed by atoms with Crippen LogP contribution in [0.5, 0.6) is 5.75 Å². The average molecular weight is 271 g/mol. The van der Waals surface area contributed by atoms with E-state index < -0.39 is 12.6 Å². The van der Waals surface area contributed by atoms with Crippen molar-refractivity contribution in [2.45, 2.75) is 20.5 Å². The second-order valence-corrected chi connectivity index (χ2v) is 3.61. The highest BCUT2D eigenvalue weighted by Gasteiger charge is 2.05. The van der Waals surface area contributed by atoms with Crippen molar-refractivity contribution < 1.29 is 23.0 Å². The second-order valence-electron chi connectivity index (χ2n) is 3.61. The monoisotopic (exact) mass is 271 g/mol. The molecule has 1 N–H and O–H groups in total. The summed E-state index contributed by atoms with van der Waals surface area (Å²) >= 11 is 0. The molecular formula is C13H15F2NO3. The number of hydrogen-bond donors (Lipinski definition) is 1. The van der Waals surface area contributed by atoms with Crippen LogP contribution in [0.15, 0.2) is 36.0 Å². The Balaban J connectivity index is 2.68. The maximum atomic E-state index is 12.1. The van der Waals surface area contributed by atoms with E-state index in [2.05, 4.69) is 10.1 Å². The van der Waals surface area contributed by atoms with Crippen LogP contribution >= 0.6 is 0 Å². The molecule has 0 bridgehead atoms. The van der Waals surface area contributed by atoms with Gasteiger partial charge in [-0.1, -0.05) is 6.07 Å². The fraction of sp³-hybridized carbons (Fsp3) is 0.308. The fourth-order valence-electron chi connectivity index (χ4n) is 1.37. The lowest BCUT2D eigenvalue weighted by Crippen LogP contribution is -2.05. The number of carbonyl (C=O) groups is 1. The van der Waals surface area contributed by atoms with Crippen LogP contribution in [0.1, 0.15) is 13.8 Å². The van der Waals surface area contributed by atoms with Crippen molar-refractivity contribution in [1.29, 1.82) is 0 Å². The average Bonchev–Trinajstić information content (AvgIpc) is 2.28. The molecule has 4 nitrogen and oxygen atoms in total. The smallest absolute Gasteiger partial charge is 0.387 e. The first-order valence-electron chi connectivity index (χ1n) is 5.68. The summed E-state index contributed by atoms with van der Waals surface area (Å²) in [5, 5.41) is 2.88. The van der Waals surface area contributed by atoms with Gasteiger partial charge in [-0.05, 0) is 26.0 Å². The minimum absolute atomic E-state index is 0.0453. The van der Waals surface area contributed by atoms with Gasteiger partial charge in [-0.15, -0.1) is 0 Å². The number of nitrogens with one attached hydrogen (secondary N) is 1. The normalized spacial score (nSPS) is 11.3. The largest absolute Gasteiger partial charge is 0.463 e. The number of carbonyl (C=O) groups excluding carboxylic acids is 1. The maximum Gasteiger partial charge on any atom is 0.387 e. The van der Waals surface area contributed by atoms with Crippen LogP contribution in [0, 0.1) is 0 Å². The van der Waals surface area contributed by atoms with E-state index in [1.54, 1.807) is 26.0 Å². The van der Waals surface area contributed by atoms with Crippen molar-refractivity contribution in [2.24, 2.45) is 0 Å². The Bertz CT molecular complexity index is 461. The van der Waals surface area contributed by atoms with E-state index >= 15 is 0 Å². The molecule has 0 fully saturated rings. The van der Waals surface area contributed by atoms with Crippen LogP contribution in [0.4, 0.5) is 14.5 Å². The number of allylic oxidation sites excluding steroid dienone is 1. The number of esters is 1. The maximum absolute atomic E-state index is 12.1. The lowest BCUT2D eigenvalue weighted by molar-refractivity contribution is -0.137. The van der Waals surface area contributed by atoms with Gasteiger partial charge in [0.1, 0.15) is 5.75 Å². The van der Waals surface area contributed by atoms with Crippen LogP contribution in [-0.2, 0) is 9.53 Å². The molecule has 104 valence electrons. The Labute approximate surface area is 110 Å². The summed E-state index contributed by atoms with van der Waals surface area (Å²) in [5.74, 6) is -0.420. The van der Waals surface area contributed by atoms with Gasteiger partial charge in [-0.25, -0.2) is 4.79 Å². The van der Waals surface area contributed by atoms with Gasteiger partial charge < -0.3 is 14.8 Å². The van der Waals surface area contributed by atoms with Crippen molar-refractivity contribution in [1.82, 2.24) is 0 Å². The van der Waals surface area contributed by atoms with Gasteiger partial charge in [0, 0.05) is 23.5 Å². The molecule has 0 atom stereocenters. The Morgan fingerprint density at radius 3 is 2.84 bits per heavy atom. The summed E-state index contributed by atoms with van der Waals surface area (Å²) < 4.78 is 33.1. The summed E-state index contributed by atoms with van der Waals surface area (Å²) in [6.45, 7) is 0.795. The van der Waals surface area contributed by atoms with Gasteiger partial charge in [0.05, 0.1) is 6.61 Å². The van der Waals surface area contributed by atoms with Crippen molar-refractivity contribution in [3.63, 3.8) is 0 Å². The highest BCUT2D eigenvalue weighted by atomic mass is 19.3. The van der Waals surface area contributed by atoms with E-state index in [1.165, 1.54) is 18.2 Å². The number of ether oxygens (including phenoxy) is 2. The van der Waals surface area contributed by atoms with Crippen LogP contribution in [0.2, 0.25) is 0 Å². The molecular weight excluding hydrogens is 256 g/mol. The van der Waals surface area contributed by atoms with E-state index in [-0.39, 0.29) is 5.75 Å². The highest BCUT2D eigenvalue weighted by molar-refractivity contribution is 5.83. The molecule has 6 heteroatoms. The predicted molar refractivity (Wildman–Crippen MR) is 67.1 cm³/mol. The van der Waals surface area contributed by atoms with Crippen LogP contribution in [-0.4, -0.2) is 19.2 Å². The molecule has 19 heavy (non-hydrogen) atoms. The Hall–Kier alpha value is -2.11. The molecule has 1 aromatic rings.